The van der Waals surface area contributed by atoms with E-state index in [1.807, 2.05) is 0 Å². The molecule has 1 aliphatic heterocycles. The van der Waals surface area contributed by atoms with E-state index in [0.717, 1.165) is 0 Å². The molecule has 108 valence electrons. The van der Waals surface area contributed by atoms with Crippen LogP contribution in [-0.2, 0) is 21.6 Å². The third-order valence-corrected chi connectivity index (χ3v) is 3.08. The van der Waals surface area contributed by atoms with E-state index in [2.05, 4.69) is 10.4 Å². The van der Waals surface area contributed by atoms with E-state index in [1.54, 1.807) is 0 Å². The number of rotatable bonds is 4. The Morgan fingerprint density at radius 1 is 1.58 bits per heavy atom. The first-order chi connectivity index (χ1) is 8.99. The zero-order valence-corrected chi connectivity index (χ0v) is 10.5. The van der Waals surface area contributed by atoms with Crippen LogP contribution >= 0.6 is 0 Å². The van der Waals surface area contributed by atoms with Crippen LogP contribution in [-0.4, -0.2) is 49.4 Å². The van der Waals surface area contributed by atoms with Crippen molar-refractivity contribution in [2.24, 2.45) is 0 Å². The van der Waals surface area contributed by atoms with Gasteiger partial charge >= 0.3 is 6.18 Å². The molecular formula is C11H16F3N3O2. The minimum absolute atomic E-state index is 0.0166. The van der Waals surface area contributed by atoms with Crippen LogP contribution in [0, 0.1) is 0 Å². The van der Waals surface area contributed by atoms with Crippen molar-refractivity contribution in [3.63, 3.8) is 0 Å². The van der Waals surface area contributed by atoms with Gasteiger partial charge in [0.2, 0.25) is 5.60 Å². The van der Waals surface area contributed by atoms with Gasteiger partial charge in [-0.3, -0.25) is 4.68 Å². The Morgan fingerprint density at radius 2 is 2.37 bits per heavy atom. The van der Waals surface area contributed by atoms with E-state index >= 15 is 0 Å². The minimum atomic E-state index is -4.49. The molecule has 1 atom stereocenters. The molecule has 0 saturated carbocycles. The molecule has 1 unspecified atom stereocenters. The molecule has 0 aromatic carbocycles. The zero-order valence-electron chi connectivity index (χ0n) is 10.5. The Labute approximate surface area is 108 Å². The summed E-state index contributed by atoms with van der Waals surface area (Å²) in [5.74, 6) is 0. The Hall–Kier alpha value is -1.12. The highest BCUT2D eigenvalue weighted by molar-refractivity contribution is 5.20. The Morgan fingerprint density at radius 3 is 2.95 bits per heavy atom. The Kier molecular flexibility index (Phi) is 4.12. The maximum absolute atomic E-state index is 13.3. The van der Waals surface area contributed by atoms with Crippen molar-refractivity contribution in [3.05, 3.63) is 18.0 Å². The third kappa shape index (κ3) is 2.75. The molecule has 1 aliphatic rings. The lowest BCUT2D eigenvalue weighted by atomic mass is 9.94. The molecule has 1 fully saturated rings. The lowest BCUT2D eigenvalue weighted by molar-refractivity contribution is -0.290. The number of hydrogen-bond acceptors (Lipinski definition) is 4. The van der Waals surface area contributed by atoms with Crippen LogP contribution < -0.4 is 5.32 Å². The van der Waals surface area contributed by atoms with E-state index in [0.29, 0.717) is 19.7 Å². The predicted molar refractivity (Wildman–Crippen MR) is 60.7 cm³/mol. The fourth-order valence-corrected chi connectivity index (χ4v) is 2.02. The summed E-state index contributed by atoms with van der Waals surface area (Å²) in [6.07, 6.45) is -1.93. The number of halogens is 3. The lowest BCUT2D eigenvalue weighted by Crippen LogP contribution is -2.56. The highest BCUT2D eigenvalue weighted by atomic mass is 19.4. The van der Waals surface area contributed by atoms with E-state index in [9.17, 15) is 13.2 Å². The van der Waals surface area contributed by atoms with Crippen LogP contribution in [0.15, 0.2) is 12.4 Å². The third-order valence-electron chi connectivity index (χ3n) is 3.08. The number of nitrogens with one attached hydrogen (secondary N) is 1. The Balaban J connectivity index is 2.26. The number of nitrogens with zero attached hydrogens (tertiary/aromatic N) is 2. The SMILES string of the molecule is COCCn1cc(C2(C(F)(F)F)CNCCO2)cn1. The fourth-order valence-electron chi connectivity index (χ4n) is 2.02. The molecule has 19 heavy (non-hydrogen) atoms. The summed E-state index contributed by atoms with van der Waals surface area (Å²) >= 11 is 0. The highest BCUT2D eigenvalue weighted by Gasteiger charge is 2.58. The number of hydrogen-bond donors (Lipinski definition) is 1. The molecule has 1 N–H and O–H groups in total. The van der Waals surface area contributed by atoms with Crippen LogP contribution in [0.3, 0.4) is 0 Å². The number of ether oxygens (including phenoxy) is 2. The quantitative estimate of drug-likeness (QED) is 0.890. The number of methoxy groups -OCH3 is 1. The van der Waals surface area contributed by atoms with Crippen molar-refractivity contribution in [1.29, 1.82) is 0 Å². The largest absolute Gasteiger partial charge is 0.423 e. The summed E-state index contributed by atoms with van der Waals surface area (Å²) in [5, 5.41) is 6.64. The summed E-state index contributed by atoms with van der Waals surface area (Å²) in [7, 11) is 1.52. The van der Waals surface area contributed by atoms with Gasteiger partial charge in [0.25, 0.3) is 0 Å². The fraction of sp³-hybridized carbons (Fsp3) is 0.727. The van der Waals surface area contributed by atoms with Gasteiger partial charge in [-0.05, 0) is 0 Å². The van der Waals surface area contributed by atoms with Gasteiger partial charge in [0, 0.05) is 32.0 Å². The van der Waals surface area contributed by atoms with Gasteiger partial charge in [0.05, 0.1) is 26.0 Å². The molecule has 5 nitrogen and oxygen atoms in total. The van der Waals surface area contributed by atoms with Gasteiger partial charge in [0.1, 0.15) is 0 Å². The molecule has 0 amide bonds. The van der Waals surface area contributed by atoms with Crippen molar-refractivity contribution >= 4 is 0 Å². The maximum Gasteiger partial charge on any atom is 0.423 e. The van der Waals surface area contributed by atoms with Crippen LogP contribution in [0.2, 0.25) is 0 Å². The van der Waals surface area contributed by atoms with E-state index in [1.165, 1.54) is 24.2 Å². The molecule has 1 aromatic heterocycles. The van der Waals surface area contributed by atoms with Crippen LogP contribution in [0.1, 0.15) is 5.56 Å². The first-order valence-electron chi connectivity index (χ1n) is 5.93. The van der Waals surface area contributed by atoms with Crippen LogP contribution in [0.25, 0.3) is 0 Å². The summed E-state index contributed by atoms with van der Waals surface area (Å²) < 4.78 is 51.3. The van der Waals surface area contributed by atoms with Gasteiger partial charge in [0.15, 0.2) is 0 Å². The number of alkyl halides is 3. The van der Waals surface area contributed by atoms with Crippen molar-refractivity contribution in [2.45, 2.75) is 18.3 Å². The molecule has 0 aliphatic carbocycles. The van der Waals surface area contributed by atoms with Crippen molar-refractivity contribution in [2.75, 3.05) is 33.4 Å². The van der Waals surface area contributed by atoms with Gasteiger partial charge in [-0.25, -0.2) is 0 Å². The molecule has 0 bridgehead atoms. The van der Waals surface area contributed by atoms with E-state index in [-0.39, 0.29) is 18.7 Å². The standard InChI is InChI=1S/C11H16F3N3O2/c1-18-5-3-17-7-9(6-16-17)10(11(12,13)14)8-15-2-4-19-10/h6-7,15H,2-5,8H2,1H3. The molecule has 1 aromatic rings. The second-order valence-electron chi connectivity index (χ2n) is 4.33. The maximum atomic E-state index is 13.3. The monoisotopic (exact) mass is 279 g/mol. The summed E-state index contributed by atoms with van der Waals surface area (Å²) in [4.78, 5) is 0. The summed E-state index contributed by atoms with van der Waals surface area (Å²) in [5.41, 5.74) is -2.29. The van der Waals surface area contributed by atoms with Crippen molar-refractivity contribution < 1.29 is 22.6 Å². The van der Waals surface area contributed by atoms with Gasteiger partial charge in [-0.15, -0.1) is 0 Å². The number of morpholine rings is 1. The predicted octanol–water partition coefficient (Wildman–Crippen LogP) is 0.907. The number of aromatic nitrogens is 2. The second-order valence-corrected chi connectivity index (χ2v) is 4.33. The van der Waals surface area contributed by atoms with Crippen LogP contribution in [0.5, 0.6) is 0 Å². The summed E-state index contributed by atoms with van der Waals surface area (Å²) in [6.45, 7) is 0.919. The molecule has 2 heterocycles. The zero-order chi connectivity index (χ0) is 13.9. The average Bonchev–Trinajstić information content (AvgIpc) is 2.85. The Bertz CT molecular complexity index is 414. The lowest BCUT2D eigenvalue weighted by Gasteiger charge is -2.38. The molecule has 0 spiro atoms. The highest BCUT2D eigenvalue weighted by Crippen LogP contribution is 2.42. The first kappa shape index (κ1) is 14.3. The second kappa shape index (κ2) is 5.48. The van der Waals surface area contributed by atoms with Gasteiger partial charge in [-0.1, -0.05) is 0 Å². The van der Waals surface area contributed by atoms with Crippen molar-refractivity contribution in [1.82, 2.24) is 15.1 Å². The van der Waals surface area contributed by atoms with E-state index in [4.69, 9.17) is 9.47 Å². The first-order valence-corrected chi connectivity index (χ1v) is 5.93. The normalized spacial score (nSPS) is 24.6. The van der Waals surface area contributed by atoms with Crippen LogP contribution in [0.4, 0.5) is 13.2 Å². The molecule has 1 saturated heterocycles. The van der Waals surface area contributed by atoms with Crippen molar-refractivity contribution in [3.8, 4) is 0 Å². The smallest absolute Gasteiger partial charge is 0.383 e. The van der Waals surface area contributed by atoms with E-state index < -0.39 is 11.8 Å². The van der Waals surface area contributed by atoms with Gasteiger partial charge < -0.3 is 14.8 Å². The minimum Gasteiger partial charge on any atom is -0.383 e. The molecule has 2 rings (SSSR count). The van der Waals surface area contributed by atoms with Gasteiger partial charge in [-0.2, -0.15) is 18.3 Å². The average molecular weight is 279 g/mol. The molecule has 0 radical (unpaired) electrons. The molecular weight excluding hydrogens is 263 g/mol. The molecule has 8 heteroatoms. The topological polar surface area (TPSA) is 48.3 Å². The summed E-state index contributed by atoms with van der Waals surface area (Å²) in [6, 6.07) is 0.